The molecule has 0 aliphatic heterocycles. The lowest BCUT2D eigenvalue weighted by Gasteiger charge is -2.33. The molecule has 1 fully saturated rings. The fraction of sp³-hybridized carbons (Fsp3) is 0.714. The van der Waals surface area contributed by atoms with Crippen LogP contribution < -0.4 is 9.44 Å². The van der Waals surface area contributed by atoms with Crippen LogP contribution >= 0.6 is 0 Å². The molecule has 0 bridgehead atoms. The summed E-state index contributed by atoms with van der Waals surface area (Å²) in [6, 6.07) is 7.99. The van der Waals surface area contributed by atoms with E-state index in [-0.39, 0.29) is 6.04 Å². The highest BCUT2D eigenvalue weighted by molar-refractivity contribution is 7.90. The van der Waals surface area contributed by atoms with Crippen LogP contribution in [0.25, 0.3) is 0 Å². The first-order valence-corrected chi connectivity index (χ1v) is 13.9. The highest BCUT2D eigenvalue weighted by Crippen LogP contribution is 2.38. The van der Waals surface area contributed by atoms with E-state index in [0.717, 1.165) is 31.2 Å². The largest absolute Gasteiger partial charge is 0.215 e. The zero-order valence-electron chi connectivity index (χ0n) is 18.2. The van der Waals surface area contributed by atoms with Gasteiger partial charge < -0.3 is 0 Å². The predicted molar refractivity (Wildman–Crippen MR) is 119 cm³/mol. The summed E-state index contributed by atoms with van der Waals surface area (Å²) in [5.74, 6) is 1.38. The average Bonchev–Trinajstić information content (AvgIpc) is 2.65. The van der Waals surface area contributed by atoms with Gasteiger partial charge in [-0.25, -0.2) is 26.3 Å². The van der Waals surface area contributed by atoms with E-state index in [4.69, 9.17) is 0 Å². The van der Waals surface area contributed by atoms with Crippen LogP contribution in [0.5, 0.6) is 0 Å². The third kappa shape index (κ3) is 7.35. The van der Waals surface area contributed by atoms with Crippen LogP contribution in [0.4, 0.5) is 0 Å². The second-order valence-corrected chi connectivity index (χ2v) is 12.9. The van der Waals surface area contributed by atoms with E-state index in [1.165, 1.54) is 11.8 Å². The van der Waals surface area contributed by atoms with Gasteiger partial charge in [-0.15, -0.1) is 0 Å². The SMILES string of the molecule is CC(NS(C)(=O)=O)c1ccc(C2CCC(C(C)CNS(=O)(=O)C(C)C)CC2)cc1. The lowest BCUT2D eigenvalue weighted by Crippen LogP contribution is -2.36. The number of rotatable bonds is 9. The molecule has 0 radical (unpaired) electrons. The Balaban J connectivity index is 1.87. The lowest BCUT2D eigenvalue weighted by molar-refractivity contribution is 0.246. The molecular formula is C21H36N2O4S2. The smallest absolute Gasteiger partial charge is 0.213 e. The van der Waals surface area contributed by atoms with E-state index >= 15 is 0 Å². The second kappa shape index (κ2) is 9.90. The van der Waals surface area contributed by atoms with Crippen molar-refractivity contribution in [3.8, 4) is 0 Å². The molecule has 6 nitrogen and oxygen atoms in total. The molecule has 1 aliphatic carbocycles. The van der Waals surface area contributed by atoms with Crippen molar-refractivity contribution in [2.45, 2.75) is 70.6 Å². The first-order valence-electron chi connectivity index (χ1n) is 10.4. The van der Waals surface area contributed by atoms with Crippen LogP contribution in [0.1, 0.15) is 76.5 Å². The average molecular weight is 445 g/mol. The van der Waals surface area contributed by atoms with E-state index in [1.54, 1.807) is 13.8 Å². The summed E-state index contributed by atoms with van der Waals surface area (Å²) in [5.41, 5.74) is 2.26. The molecule has 2 atom stereocenters. The van der Waals surface area contributed by atoms with Crippen molar-refractivity contribution in [1.82, 2.24) is 9.44 Å². The van der Waals surface area contributed by atoms with Gasteiger partial charge in [0.15, 0.2) is 0 Å². The van der Waals surface area contributed by atoms with Crippen molar-refractivity contribution in [2.75, 3.05) is 12.8 Å². The number of benzene rings is 1. The molecule has 0 spiro atoms. The van der Waals surface area contributed by atoms with Gasteiger partial charge in [-0.2, -0.15) is 0 Å². The van der Waals surface area contributed by atoms with Gasteiger partial charge in [-0.3, -0.25) is 0 Å². The summed E-state index contributed by atoms with van der Waals surface area (Å²) in [6.07, 6.45) is 5.57. The zero-order chi connectivity index (χ0) is 21.8. The fourth-order valence-electron chi connectivity index (χ4n) is 4.05. The van der Waals surface area contributed by atoms with E-state index < -0.39 is 25.3 Å². The molecule has 0 saturated heterocycles. The molecule has 0 heterocycles. The van der Waals surface area contributed by atoms with Crippen LogP contribution in [0.15, 0.2) is 24.3 Å². The van der Waals surface area contributed by atoms with Crippen molar-refractivity contribution in [2.24, 2.45) is 11.8 Å². The predicted octanol–water partition coefficient (Wildman–Crippen LogP) is 3.53. The van der Waals surface area contributed by atoms with Crippen molar-refractivity contribution >= 4 is 20.0 Å². The Hall–Kier alpha value is -0.960. The maximum atomic E-state index is 12.0. The molecule has 1 aliphatic rings. The summed E-state index contributed by atoms with van der Waals surface area (Å²) in [6.45, 7) is 7.88. The Labute approximate surface area is 177 Å². The lowest BCUT2D eigenvalue weighted by atomic mass is 9.74. The first-order chi connectivity index (χ1) is 13.4. The summed E-state index contributed by atoms with van der Waals surface area (Å²) in [5, 5.41) is -0.399. The van der Waals surface area contributed by atoms with Gasteiger partial charge in [0.05, 0.1) is 11.5 Å². The monoisotopic (exact) mass is 444 g/mol. The minimum atomic E-state index is -3.23. The van der Waals surface area contributed by atoms with Crippen molar-refractivity contribution in [1.29, 1.82) is 0 Å². The minimum Gasteiger partial charge on any atom is -0.215 e. The Bertz CT molecular complexity index is 856. The third-order valence-corrected chi connectivity index (χ3v) is 8.69. The molecule has 1 saturated carbocycles. The third-order valence-electron chi connectivity index (χ3n) is 6.10. The quantitative estimate of drug-likeness (QED) is 0.609. The topological polar surface area (TPSA) is 92.3 Å². The Kier molecular flexibility index (Phi) is 8.30. The van der Waals surface area contributed by atoms with Crippen LogP contribution in [0.2, 0.25) is 0 Å². The molecule has 1 aromatic rings. The molecule has 29 heavy (non-hydrogen) atoms. The maximum absolute atomic E-state index is 12.0. The zero-order valence-corrected chi connectivity index (χ0v) is 19.8. The van der Waals surface area contributed by atoms with E-state index in [9.17, 15) is 16.8 Å². The highest BCUT2D eigenvalue weighted by Gasteiger charge is 2.27. The molecule has 1 aromatic carbocycles. The fourth-order valence-corrected chi connectivity index (χ4v) is 5.66. The summed E-state index contributed by atoms with van der Waals surface area (Å²) < 4.78 is 52.1. The molecule has 2 unspecified atom stereocenters. The summed E-state index contributed by atoms with van der Waals surface area (Å²) >= 11 is 0. The van der Waals surface area contributed by atoms with Gasteiger partial charge in [-0.05, 0) is 75.3 Å². The molecular weight excluding hydrogens is 408 g/mol. The van der Waals surface area contributed by atoms with Crippen LogP contribution in [-0.2, 0) is 20.0 Å². The Morgan fingerprint density at radius 1 is 0.931 bits per heavy atom. The van der Waals surface area contributed by atoms with Gasteiger partial charge in [-0.1, -0.05) is 31.2 Å². The molecule has 0 amide bonds. The molecule has 2 N–H and O–H groups in total. The van der Waals surface area contributed by atoms with Crippen LogP contribution in [-0.4, -0.2) is 34.9 Å². The van der Waals surface area contributed by atoms with Gasteiger partial charge in [0, 0.05) is 12.6 Å². The number of sulfonamides is 2. The minimum absolute atomic E-state index is 0.245. The second-order valence-electron chi connectivity index (χ2n) is 8.81. The van der Waals surface area contributed by atoms with Gasteiger partial charge in [0.2, 0.25) is 20.0 Å². The molecule has 0 aromatic heterocycles. The first kappa shape index (κ1) is 24.3. The molecule has 2 rings (SSSR count). The van der Waals surface area contributed by atoms with E-state index in [0.29, 0.717) is 24.3 Å². The van der Waals surface area contributed by atoms with E-state index in [2.05, 4.69) is 28.5 Å². The van der Waals surface area contributed by atoms with E-state index in [1.807, 2.05) is 19.1 Å². The summed E-state index contributed by atoms with van der Waals surface area (Å²) in [4.78, 5) is 0. The van der Waals surface area contributed by atoms with Gasteiger partial charge in [0.25, 0.3) is 0 Å². The number of hydrogen-bond acceptors (Lipinski definition) is 4. The number of nitrogens with one attached hydrogen (secondary N) is 2. The van der Waals surface area contributed by atoms with Gasteiger partial charge in [0.1, 0.15) is 0 Å². The number of hydrogen-bond donors (Lipinski definition) is 2. The summed E-state index contributed by atoms with van der Waals surface area (Å²) in [7, 11) is -6.43. The van der Waals surface area contributed by atoms with Crippen molar-refractivity contribution in [3.05, 3.63) is 35.4 Å². The molecule has 8 heteroatoms. The van der Waals surface area contributed by atoms with Crippen LogP contribution in [0.3, 0.4) is 0 Å². The Morgan fingerprint density at radius 2 is 1.48 bits per heavy atom. The standard InChI is InChI=1S/C21H36N2O4S2/c1-15(2)29(26,27)22-14-16(3)18-6-10-20(11-7-18)21-12-8-19(9-13-21)17(4)23-28(5,24)25/h8-9,12-13,15-18,20,22-23H,6-7,10-11,14H2,1-5H3. The van der Waals surface area contributed by atoms with Gasteiger partial charge >= 0.3 is 0 Å². The molecule has 166 valence electrons. The maximum Gasteiger partial charge on any atom is 0.213 e. The highest BCUT2D eigenvalue weighted by atomic mass is 32.2. The van der Waals surface area contributed by atoms with Crippen LogP contribution in [0, 0.1) is 11.8 Å². The Morgan fingerprint density at radius 3 is 1.97 bits per heavy atom. The van der Waals surface area contributed by atoms with Crippen molar-refractivity contribution in [3.63, 3.8) is 0 Å². The van der Waals surface area contributed by atoms with Crippen molar-refractivity contribution < 1.29 is 16.8 Å². The normalized spacial score (nSPS) is 23.1.